The minimum Gasteiger partial charge on any atom is -0.490 e. The molecule has 0 saturated heterocycles. The topological polar surface area (TPSA) is 69.0 Å². The van der Waals surface area contributed by atoms with Gasteiger partial charge in [0, 0.05) is 5.69 Å². The van der Waals surface area contributed by atoms with Gasteiger partial charge in [-0.2, -0.15) is 0 Å². The number of anilines is 1. The quantitative estimate of drug-likeness (QED) is 0.361. The first-order valence-corrected chi connectivity index (χ1v) is 11.2. The standard InChI is InChI=1S/C27H21F2NO5/c1-3-33-21-11-5-15(13-22(21)34-4-2)24-23-25(31)19-14-17(29)8-12-20(19)35-26(23)27(32)30(24)18-9-6-16(28)7-10-18/h5-14,24H,3-4H2,1-2H3. The number of hydrogen-bond acceptors (Lipinski definition) is 5. The Morgan fingerprint density at radius 1 is 0.857 bits per heavy atom. The number of rotatable bonds is 6. The summed E-state index contributed by atoms with van der Waals surface area (Å²) in [5, 5.41) is 0.0264. The predicted octanol–water partition coefficient (Wildman–Crippen LogP) is 5.62. The molecule has 0 bridgehead atoms. The van der Waals surface area contributed by atoms with E-state index in [0.29, 0.717) is 36.0 Å². The molecule has 5 rings (SSSR count). The summed E-state index contributed by atoms with van der Waals surface area (Å²) in [6.07, 6.45) is 0. The molecule has 0 saturated carbocycles. The van der Waals surface area contributed by atoms with E-state index in [0.717, 1.165) is 12.1 Å². The van der Waals surface area contributed by atoms with Gasteiger partial charge >= 0.3 is 0 Å². The lowest BCUT2D eigenvalue weighted by Gasteiger charge is -2.26. The van der Waals surface area contributed by atoms with Crippen LogP contribution in [0.15, 0.2) is 69.9 Å². The normalized spacial score (nSPS) is 14.9. The maximum absolute atomic E-state index is 14.0. The van der Waals surface area contributed by atoms with Crippen molar-refractivity contribution in [1.82, 2.24) is 0 Å². The van der Waals surface area contributed by atoms with Gasteiger partial charge < -0.3 is 13.9 Å². The minimum absolute atomic E-state index is 0.0264. The van der Waals surface area contributed by atoms with E-state index in [2.05, 4.69) is 0 Å². The van der Waals surface area contributed by atoms with Gasteiger partial charge in [0.1, 0.15) is 17.2 Å². The van der Waals surface area contributed by atoms with Crippen LogP contribution in [-0.2, 0) is 0 Å². The van der Waals surface area contributed by atoms with Gasteiger partial charge in [0.25, 0.3) is 5.91 Å². The first-order valence-electron chi connectivity index (χ1n) is 11.2. The van der Waals surface area contributed by atoms with Crippen LogP contribution in [0.1, 0.15) is 41.6 Å². The third-order valence-corrected chi connectivity index (χ3v) is 5.82. The first-order chi connectivity index (χ1) is 16.9. The summed E-state index contributed by atoms with van der Waals surface area (Å²) < 4.78 is 44.9. The molecule has 1 unspecified atom stereocenters. The molecule has 8 heteroatoms. The monoisotopic (exact) mass is 477 g/mol. The number of nitrogens with zero attached hydrogens (tertiary/aromatic N) is 1. The van der Waals surface area contributed by atoms with E-state index in [-0.39, 0.29) is 22.3 Å². The molecule has 178 valence electrons. The largest absolute Gasteiger partial charge is 0.490 e. The molecule has 1 amide bonds. The van der Waals surface area contributed by atoms with Gasteiger partial charge in [-0.15, -0.1) is 0 Å². The van der Waals surface area contributed by atoms with Crippen molar-refractivity contribution in [1.29, 1.82) is 0 Å². The number of carbonyl (C=O) groups is 1. The number of carbonyl (C=O) groups excluding carboxylic acids is 1. The lowest BCUT2D eigenvalue weighted by molar-refractivity contribution is 0.0971. The summed E-state index contributed by atoms with van der Waals surface area (Å²) in [4.78, 5) is 28.5. The number of benzene rings is 3. The molecule has 0 spiro atoms. The Bertz CT molecular complexity index is 1500. The SMILES string of the molecule is CCOc1ccc(C2c3c(oc4ccc(F)cc4c3=O)C(=O)N2c2ccc(F)cc2)cc1OCC. The summed E-state index contributed by atoms with van der Waals surface area (Å²) in [6.45, 7) is 4.47. The average Bonchev–Trinajstić information content (AvgIpc) is 3.14. The van der Waals surface area contributed by atoms with Gasteiger partial charge in [0.15, 0.2) is 16.9 Å². The second kappa shape index (κ2) is 8.87. The molecule has 3 aromatic carbocycles. The Morgan fingerprint density at radius 2 is 1.54 bits per heavy atom. The van der Waals surface area contributed by atoms with E-state index in [1.807, 2.05) is 13.8 Å². The predicted molar refractivity (Wildman–Crippen MR) is 126 cm³/mol. The van der Waals surface area contributed by atoms with E-state index in [4.69, 9.17) is 13.9 Å². The van der Waals surface area contributed by atoms with Crippen molar-refractivity contribution in [2.75, 3.05) is 18.1 Å². The van der Waals surface area contributed by atoms with Gasteiger partial charge in [-0.1, -0.05) is 6.07 Å². The summed E-state index contributed by atoms with van der Waals surface area (Å²) in [7, 11) is 0. The second-order valence-electron chi connectivity index (χ2n) is 7.94. The molecule has 0 aliphatic carbocycles. The van der Waals surface area contributed by atoms with E-state index in [1.54, 1.807) is 18.2 Å². The lowest BCUT2D eigenvalue weighted by Crippen LogP contribution is -2.29. The highest BCUT2D eigenvalue weighted by atomic mass is 19.1. The molecular formula is C27H21F2NO5. The summed E-state index contributed by atoms with van der Waals surface area (Å²) in [5.41, 5.74) is 0.579. The van der Waals surface area contributed by atoms with Crippen LogP contribution in [0.2, 0.25) is 0 Å². The molecule has 2 heterocycles. The highest BCUT2D eigenvalue weighted by Gasteiger charge is 2.44. The van der Waals surface area contributed by atoms with Crippen LogP contribution >= 0.6 is 0 Å². The fourth-order valence-corrected chi connectivity index (χ4v) is 4.37. The zero-order valence-electron chi connectivity index (χ0n) is 19.0. The fraction of sp³-hybridized carbons (Fsp3) is 0.185. The molecular weight excluding hydrogens is 456 g/mol. The number of ether oxygens (including phenoxy) is 2. The summed E-state index contributed by atoms with van der Waals surface area (Å²) in [5.74, 6) is -0.807. The van der Waals surface area contributed by atoms with E-state index < -0.39 is 29.0 Å². The van der Waals surface area contributed by atoms with E-state index in [9.17, 15) is 18.4 Å². The highest BCUT2D eigenvalue weighted by molar-refractivity contribution is 6.10. The molecule has 1 aliphatic heterocycles. The second-order valence-corrected chi connectivity index (χ2v) is 7.94. The number of fused-ring (bicyclic) bond motifs is 2. The van der Waals surface area contributed by atoms with Gasteiger partial charge in [0.2, 0.25) is 5.76 Å². The maximum Gasteiger partial charge on any atom is 0.295 e. The Labute approximate surface area is 199 Å². The van der Waals surface area contributed by atoms with Gasteiger partial charge in [-0.3, -0.25) is 14.5 Å². The van der Waals surface area contributed by atoms with Crippen LogP contribution in [0.4, 0.5) is 14.5 Å². The summed E-state index contributed by atoms with van der Waals surface area (Å²) in [6, 6.07) is 13.2. The molecule has 4 aromatic rings. The third kappa shape index (κ3) is 3.80. The molecule has 1 aliphatic rings. The van der Waals surface area contributed by atoms with Crippen LogP contribution in [-0.4, -0.2) is 19.1 Å². The van der Waals surface area contributed by atoms with Gasteiger partial charge in [-0.25, -0.2) is 8.78 Å². The zero-order valence-corrected chi connectivity index (χ0v) is 19.0. The van der Waals surface area contributed by atoms with Crippen molar-refractivity contribution < 1.29 is 27.5 Å². The molecule has 35 heavy (non-hydrogen) atoms. The van der Waals surface area contributed by atoms with Gasteiger partial charge in [0.05, 0.1) is 30.2 Å². The first kappa shape index (κ1) is 22.6. The van der Waals surface area contributed by atoms with Crippen molar-refractivity contribution in [3.8, 4) is 11.5 Å². The van der Waals surface area contributed by atoms with E-state index >= 15 is 0 Å². The Kier molecular flexibility index (Phi) is 5.72. The average molecular weight is 477 g/mol. The molecule has 0 fully saturated rings. The Balaban J connectivity index is 1.78. The fourth-order valence-electron chi connectivity index (χ4n) is 4.37. The molecule has 0 radical (unpaired) electrons. The number of halogens is 2. The molecule has 0 N–H and O–H groups in total. The van der Waals surface area contributed by atoms with Crippen LogP contribution in [0.5, 0.6) is 11.5 Å². The highest BCUT2D eigenvalue weighted by Crippen LogP contribution is 2.43. The van der Waals surface area contributed by atoms with Crippen molar-refractivity contribution >= 4 is 22.6 Å². The Hall–Kier alpha value is -4.20. The minimum atomic E-state index is -0.915. The van der Waals surface area contributed by atoms with Crippen LogP contribution < -0.4 is 19.8 Å². The lowest BCUT2D eigenvalue weighted by atomic mass is 9.97. The zero-order chi connectivity index (χ0) is 24.7. The smallest absolute Gasteiger partial charge is 0.295 e. The Morgan fingerprint density at radius 3 is 2.26 bits per heavy atom. The number of hydrogen-bond donors (Lipinski definition) is 0. The van der Waals surface area contributed by atoms with E-state index in [1.165, 1.54) is 35.2 Å². The van der Waals surface area contributed by atoms with Crippen molar-refractivity contribution in [3.63, 3.8) is 0 Å². The van der Waals surface area contributed by atoms with Crippen molar-refractivity contribution in [3.05, 3.63) is 99.4 Å². The van der Waals surface area contributed by atoms with Crippen molar-refractivity contribution in [2.45, 2.75) is 19.9 Å². The van der Waals surface area contributed by atoms with Crippen molar-refractivity contribution in [2.24, 2.45) is 0 Å². The third-order valence-electron chi connectivity index (χ3n) is 5.82. The molecule has 1 aromatic heterocycles. The molecule has 6 nitrogen and oxygen atoms in total. The molecule has 1 atom stereocenters. The van der Waals surface area contributed by atoms with Crippen LogP contribution in [0, 0.1) is 11.6 Å². The summed E-state index contributed by atoms with van der Waals surface area (Å²) >= 11 is 0. The van der Waals surface area contributed by atoms with Crippen LogP contribution in [0.3, 0.4) is 0 Å². The number of amides is 1. The maximum atomic E-state index is 14.0. The van der Waals surface area contributed by atoms with Gasteiger partial charge in [-0.05, 0) is 74.0 Å². The van der Waals surface area contributed by atoms with Crippen LogP contribution in [0.25, 0.3) is 11.0 Å².